The predicted octanol–water partition coefficient (Wildman–Crippen LogP) is 14.3. The molecule has 0 saturated carbocycles. The Morgan fingerprint density at radius 3 is 1.85 bits per heavy atom. The summed E-state index contributed by atoms with van der Waals surface area (Å²) in [5.41, 5.74) is 0.464. The second-order valence-electron chi connectivity index (χ2n) is 23.3. The highest BCUT2D eigenvalue weighted by molar-refractivity contribution is 9.11. The molecule has 0 spiro atoms. The number of ether oxygens (including phenoxy) is 3. The number of allylic oxidation sites excluding steroid dienone is 1. The number of ketones is 1. The van der Waals surface area contributed by atoms with Crippen LogP contribution in [0.2, 0.25) is 72.5 Å². The molecule has 0 radical (unpaired) electrons. The topological polar surface area (TPSA) is 98.8 Å². The monoisotopic (exact) mass is 1040 g/mol. The molecule has 0 amide bonds. The second-order valence-corrected chi connectivity index (χ2v) is 43.5. The van der Waals surface area contributed by atoms with Gasteiger partial charge in [-0.1, -0.05) is 130 Å². The van der Waals surface area contributed by atoms with Crippen LogP contribution in [0.5, 0.6) is 0 Å². The first-order valence-electron chi connectivity index (χ1n) is 24.6. The van der Waals surface area contributed by atoms with E-state index < -0.39 is 69.8 Å². The molecule has 8 atom stereocenters. The molecule has 0 bridgehead atoms. The SMILES string of the molecule is C=C(Br)C[C@H](CCC(=O)/C=C/[C@H](O[Si](C)(C)C(C)(C)C)[C@@H]1O[C@H]2CCC(CCO[Si](CC)(CC)CC)O[C@@H]2[C@H](O[Si](C)(C)C(C)(C)C)[C@@H]1O[Si](C)(C)C(C)(C)C)OC(=O)c1ccccc1. The number of rotatable bonds is 23. The summed E-state index contributed by atoms with van der Waals surface area (Å²) in [6.45, 7) is 45.6. The third kappa shape index (κ3) is 16.3. The molecule has 1 unspecified atom stereocenters. The summed E-state index contributed by atoms with van der Waals surface area (Å²) in [6, 6.07) is 12.3. The summed E-state index contributed by atoms with van der Waals surface area (Å²) in [5, 5.41) is -0.315. The Balaban J connectivity index is 2.12. The molecular weight excluding hydrogens is 949 g/mol. The largest absolute Gasteiger partial charge is 0.458 e. The van der Waals surface area contributed by atoms with Crippen LogP contribution < -0.4 is 0 Å². The third-order valence-corrected chi connectivity index (χ3v) is 34.0. The molecular formula is C51H91BrO9Si4. The Bertz CT molecular complexity index is 1700. The third-order valence-electron chi connectivity index (χ3n) is 15.5. The van der Waals surface area contributed by atoms with Gasteiger partial charge in [-0.15, -0.1) is 0 Å². The van der Waals surface area contributed by atoms with Gasteiger partial charge in [0, 0.05) is 19.4 Å². The minimum absolute atomic E-state index is 0.0157. The van der Waals surface area contributed by atoms with Crippen molar-refractivity contribution in [3.8, 4) is 0 Å². The average Bonchev–Trinajstić information content (AvgIpc) is 3.19. The van der Waals surface area contributed by atoms with E-state index in [0.717, 1.165) is 37.4 Å². The quantitative estimate of drug-likeness (QED) is 0.0603. The maximum Gasteiger partial charge on any atom is 0.338 e. The lowest BCUT2D eigenvalue weighted by molar-refractivity contribution is -0.267. The van der Waals surface area contributed by atoms with Gasteiger partial charge in [0.2, 0.25) is 0 Å². The van der Waals surface area contributed by atoms with Crippen molar-refractivity contribution in [3.63, 3.8) is 0 Å². The minimum Gasteiger partial charge on any atom is -0.458 e. The summed E-state index contributed by atoms with van der Waals surface area (Å²) < 4.78 is 50.6. The van der Waals surface area contributed by atoms with Crippen LogP contribution in [0.4, 0.5) is 0 Å². The van der Waals surface area contributed by atoms with Gasteiger partial charge in [-0.25, -0.2) is 4.79 Å². The van der Waals surface area contributed by atoms with Crippen LogP contribution in [0.25, 0.3) is 0 Å². The van der Waals surface area contributed by atoms with Crippen LogP contribution in [0.15, 0.2) is 53.5 Å². The molecule has 14 heteroatoms. The molecule has 3 rings (SSSR count). The summed E-state index contributed by atoms with van der Waals surface area (Å²) >= 11 is 3.45. The van der Waals surface area contributed by atoms with Crippen LogP contribution >= 0.6 is 15.9 Å². The van der Waals surface area contributed by atoms with Gasteiger partial charge in [0.1, 0.15) is 30.5 Å². The Hall–Kier alpha value is -1.05. The van der Waals surface area contributed by atoms with E-state index in [1.807, 2.05) is 12.1 Å². The lowest BCUT2D eigenvalue weighted by Crippen LogP contribution is -2.69. The fraction of sp³-hybridized carbons (Fsp3) is 0.765. The van der Waals surface area contributed by atoms with Crippen molar-refractivity contribution in [2.75, 3.05) is 6.61 Å². The van der Waals surface area contributed by atoms with E-state index in [9.17, 15) is 9.59 Å². The first kappa shape index (κ1) is 58.3. The number of carbonyl (C=O) groups excluding carboxylic acids is 2. The van der Waals surface area contributed by atoms with E-state index in [1.54, 1.807) is 30.3 Å². The molecule has 9 nitrogen and oxygen atoms in total. The zero-order valence-electron chi connectivity index (χ0n) is 44.0. The van der Waals surface area contributed by atoms with E-state index >= 15 is 0 Å². The number of carbonyl (C=O) groups is 2. The first-order chi connectivity index (χ1) is 29.8. The number of halogens is 1. The molecule has 2 saturated heterocycles. The molecule has 0 aromatic heterocycles. The lowest BCUT2D eigenvalue weighted by Gasteiger charge is -2.56. The summed E-state index contributed by atoms with van der Waals surface area (Å²) in [4.78, 5) is 27.1. The molecule has 2 aliphatic heterocycles. The van der Waals surface area contributed by atoms with Crippen molar-refractivity contribution in [3.05, 3.63) is 59.1 Å². The summed E-state index contributed by atoms with van der Waals surface area (Å²) in [6.07, 6.45) is 3.69. The zero-order valence-corrected chi connectivity index (χ0v) is 49.6. The second kappa shape index (κ2) is 23.7. The van der Waals surface area contributed by atoms with Gasteiger partial charge < -0.3 is 31.9 Å². The van der Waals surface area contributed by atoms with Crippen molar-refractivity contribution in [2.45, 2.75) is 243 Å². The molecule has 0 N–H and O–H groups in total. The van der Waals surface area contributed by atoms with E-state index in [-0.39, 0.29) is 45.6 Å². The van der Waals surface area contributed by atoms with Gasteiger partial charge in [0.05, 0.1) is 23.9 Å². The maximum atomic E-state index is 14.0. The van der Waals surface area contributed by atoms with E-state index in [4.69, 9.17) is 31.9 Å². The van der Waals surface area contributed by atoms with Crippen LogP contribution in [-0.2, 0) is 36.7 Å². The zero-order chi connectivity index (χ0) is 49.4. The van der Waals surface area contributed by atoms with Gasteiger partial charge >= 0.3 is 5.97 Å². The van der Waals surface area contributed by atoms with E-state index in [2.05, 4.69) is 145 Å². The number of fused-ring (bicyclic) bond motifs is 1. The van der Waals surface area contributed by atoms with Gasteiger partial charge in [0.15, 0.2) is 39.1 Å². The van der Waals surface area contributed by atoms with Crippen LogP contribution in [-0.4, -0.2) is 100 Å². The molecule has 1 aromatic rings. The standard InChI is InChI=1S/C51H91BrO9Si4/c1-20-65(21-2,22-3)55-35-34-40-31-33-42-44(56-40)46(60-63(16,17)50(8,9)10)47(61-64(18,19)51(11,12)13)45(58-42)43(59-62(14,15)49(5,6)7)32-29-39(53)28-30-41(36-37(4)52)57-48(54)38-26-24-23-25-27-38/h23-27,29,32,40-47H,4,20-22,28,30-31,33-36H2,1-3,5-19H3/b32-29+/t40?,41-,42-,43-,44-,45-,46-,47+/m0/s1. The van der Waals surface area contributed by atoms with E-state index in [1.165, 1.54) is 0 Å². The highest BCUT2D eigenvalue weighted by Gasteiger charge is 2.58. The molecule has 2 aliphatic rings. The maximum absolute atomic E-state index is 14.0. The highest BCUT2D eigenvalue weighted by atomic mass is 79.9. The predicted molar refractivity (Wildman–Crippen MR) is 282 cm³/mol. The normalized spacial score (nSPS) is 23.8. The molecule has 2 heterocycles. The Morgan fingerprint density at radius 2 is 1.34 bits per heavy atom. The van der Waals surface area contributed by atoms with Crippen molar-refractivity contribution in [1.29, 1.82) is 0 Å². The van der Waals surface area contributed by atoms with Gasteiger partial charge in [0.25, 0.3) is 0 Å². The van der Waals surface area contributed by atoms with Crippen LogP contribution in [0, 0.1) is 0 Å². The van der Waals surface area contributed by atoms with Gasteiger partial charge in [-0.3, -0.25) is 4.79 Å². The Kier molecular flexibility index (Phi) is 21.2. The van der Waals surface area contributed by atoms with E-state index in [0.29, 0.717) is 29.5 Å². The highest BCUT2D eigenvalue weighted by Crippen LogP contribution is 2.47. The Morgan fingerprint density at radius 1 is 0.800 bits per heavy atom. The number of hydrogen-bond acceptors (Lipinski definition) is 9. The molecule has 372 valence electrons. The first-order valence-corrected chi connectivity index (χ1v) is 36.7. The van der Waals surface area contributed by atoms with Gasteiger partial charge in [-0.05, 0) is 121 Å². The van der Waals surface area contributed by atoms with Crippen molar-refractivity contribution >= 4 is 61.0 Å². The summed E-state index contributed by atoms with van der Waals surface area (Å²) in [7, 11) is -9.15. The fourth-order valence-corrected chi connectivity index (χ4v) is 14.7. The molecule has 65 heavy (non-hydrogen) atoms. The fourth-order valence-electron chi connectivity index (χ4n) is 7.79. The summed E-state index contributed by atoms with van der Waals surface area (Å²) in [5.74, 6) is -0.517. The number of hydrogen-bond donors (Lipinski definition) is 0. The minimum atomic E-state index is -2.49. The molecule has 2 fully saturated rings. The van der Waals surface area contributed by atoms with Crippen LogP contribution in [0.3, 0.4) is 0 Å². The number of esters is 1. The van der Waals surface area contributed by atoms with Crippen molar-refractivity contribution in [2.24, 2.45) is 0 Å². The molecule has 1 aromatic carbocycles. The van der Waals surface area contributed by atoms with Crippen LogP contribution in [0.1, 0.15) is 132 Å². The smallest absolute Gasteiger partial charge is 0.338 e. The number of benzene rings is 1. The lowest BCUT2D eigenvalue weighted by atomic mass is 9.87. The van der Waals surface area contributed by atoms with Crippen molar-refractivity contribution < 1.29 is 41.5 Å². The average molecular weight is 1040 g/mol. The van der Waals surface area contributed by atoms with Gasteiger partial charge in [-0.2, -0.15) is 0 Å². The molecule has 0 aliphatic carbocycles. The Labute approximate surface area is 408 Å². The van der Waals surface area contributed by atoms with Crippen molar-refractivity contribution in [1.82, 2.24) is 0 Å².